The van der Waals surface area contributed by atoms with Crippen LogP contribution in [0.25, 0.3) is 11.0 Å². The van der Waals surface area contributed by atoms with E-state index in [0.717, 1.165) is 29.0 Å². The molecule has 1 amide bonds. The molecule has 0 spiro atoms. The maximum absolute atomic E-state index is 12.6. The molecule has 0 aliphatic rings. The number of aromatic nitrogens is 2. The number of rotatable bonds is 6. The lowest BCUT2D eigenvalue weighted by Gasteiger charge is -2.33. The Labute approximate surface area is 149 Å². The molecule has 0 bridgehead atoms. The van der Waals surface area contributed by atoms with Crippen LogP contribution in [0.3, 0.4) is 0 Å². The van der Waals surface area contributed by atoms with Gasteiger partial charge in [-0.3, -0.25) is 4.79 Å². The molecule has 0 radical (unpaired) electrons. The molecule has 5 heteroatoms. The van der Waals surface area contributed by atoms with E-state index < -0.39 is 0 Å². The third kappa shape index (κ3) is 5.00. The van der Waals surface area contributed by atoms with Crippen LogP contribution in [-0.4, -0.2) is 27.3 Å². The lowest BCUT2D eigenvalue weighted by Crippen LogP contribution is -2.47. The molecule has 4 nitrogen and oxygen atoms in total. The Hall–Kier alpha value is -1.49. The van der Waals surface area contributed by atoms with Crippen molar-refractivity contribution in [3.8, 4) is 0 Å². The van der Waals surface area contributed by atoms with Gasteiger partial charge in [0.1, 0.15) is 12.4 Å². The van der Waals surface area contributed by atoms with Crippen LogP contribution in [0.4, 0.5) is 0 Å². The molecule has 0 atom stereocenters. The lowest BCUT2D eigenvalue weighted by atomic mass is 9.82. The number of hydrogen-bond acceptors (Lipinski definition) is 3. The number of carbonyl (C=O) groups is 1. The molecule has 2 aromatic rings. The molecule has 0 aliphatic heterocycles. The van der Waals surface area contributed by atoms with E-state index in [2.05, 4.69) is 51.2 Å². The van der Waals surface area contributed by atoms with Gasteiger partial charge in [-0.15, -0.1) is 0 Å². The number of nitrogens with one attached hydrogen (secondary N) is 1. The fourth-order valence-corrected chi connectivity index (χ4v) is 3.95. The average Bonchev–Trinajstić information content (AvgIpc) is 2.74. The highest BCUT2D eigenvalue weighted by Crippen LogP contribution is 2.27. The maximum atomic E-state index is 12.6. The summed E-state index contributed by atoms with van der Waals surface area (Å²) in [7, 11) is 0. The molecular weight excluding hydrogens is 318 g/mol. The van der Waals surface area contributed by atoms with Crippen LogP contribution in [-0.2, 0) is 17.1 Å². The standard InChI is InChI=1S/C19H29N3OS/c1-18(2,3)13-19(4,5)21-17(23)11-22-15-10-8-7-9-14(15)20-16(22)12-24-6/h7-10H,11-13H2,1-6H3,(H,21,23). The Morgan fingerprint density at radius 1 is 1.21 bits per heavy atom. The van der Waals surface area contributed by atoms with Gasteiger partial charge in [0.05, 0.1) is 16.8 Å². The molecule has 1 aromatic carbocycles. The van der Waals surface area contributed by atoms with Gasteiger partial charge in [0.2, 0.25) is 5.91 Å². The number of para-hydroxylation sites is 2. The summed E-state index contributed by atoms with van der Waals surface area (Å²) >= 11 is 1.72. The molecule has 24 heavy (non-hydrogen) atoms. The van der Waals surface area contributed by atoms with Crippen LogP contribution in [0.1, 0.15) is 46.9 Å². The van der Waals surface area contributed by atoms with E-state index in [1.54, 1.807) is 11.8 Å². The van der Waals surface area contributed by atoms with Crippen molar-refractivity contribution in [3.05, 3.63) is 30.1 Å². The zero-order chi connectivity index (χ0) is 18.0. The molecule has 1 aromatic heterocycles. The van der Waals surface area contributed by atoms with Crippen molar-refractivity contribution in [1.29, 1.82) is 0 Å². The fourth-order valence-electron chi connectivity index (χ4n) is 3.47. The van der Waals surface area contributed by atoms with Crippen molar-refractivity contribution in [2.75, 3.05) is 6.26 Å². The predicted octanol–water partition coefficient (Wildman–Crippen LogP) is 4.23. The van der Waals surface area contributed by atoms with Gasteiger partial charge >= 0.3 is 0 Å². The molecule has 0 aliphatic carbocycles. The molecule has 0 unspecified atom stereocenters. The number of nitrogens with zero attached hydrogens (tertiary/aromatic N) is 2. The normalized spacial score (nSPS) is 12.6. The zero-order valence-electron chi connectivity index (χ0n) is 15.6. The first-order valence-electron chi connectivity index (χ1n) is 8.35. The van der Waals surface area contributed by atoms with Crippen molar-refractivity contribution in [2.45, 2.75) is 58.9 Å². The van der Waals surface area contributed by atoms with Crippen molar-refractivity contribution in [3.63, 3.8) is 0 Å². The highest BCUT2D eigenvalue weighted by Gasteiger charge is 2.27. The second-order valence-electron chi connectivity index (χ2n) is 8.21. The summed E-state index contributed by atoms with van der Waals surface area (Å²) in [4.78, 5) is 17.3. The summed E-state index contributed by atoms with van der Waals surface area (Å²) in [5, 5.41) is 3.19. The molecule has 132 valence electrons. The smallest absolute Gasteiger partial charge is 0.240 e. The fraction of sp³-hybridized carbons (Fsp3) is 0.579. The molecule has 0 saturated heterocycles. The SMILES string of the molecule is CSCc1nc2ccccc2n1CC(=O)NC(C)(C)CC(C)(C)C. The number of benzene rings is 1. The van der Waals surface area contributed by atoms with Crippen molar-refractivity contribution in [1.82, 2.24) is 14.9 Å². The Bertz CT molecular complexity index is 713. The zero-order valence-corrected chi connectivity index (χ0v) is 16.5. The summed E-state index contributed by atoms with van der Waals surface area (Å²) in [5.74, 6) is 1.79. The van der Waals surface area contributed by atoms with Gasteiger partial charge in [-0.25, -0.2) is 4.98 Å². The van der Waals surface area contributed by atoms with E-state index in [0.29, 0.717) is 6.54 Å². The quantitative estimate of drug-likeness (QED) is 0.850. The first-order valence-corrected chi connectivity index (χ1v) is 9.75. The average molecular weight is 348 g/mol. The predicted molar refractivity (Wildman–Crippen MR) is 103 cm³/mol. The first-order chi connectivity index (χ1) is 11.1. The topological polar surface area (TPSA) is 46.9 Å². The number of fused-ring (bicyclic) bond motifs is 1. The maximum Gasteiger partial charge on any atom is 0.240 e. The Morgan fingerprint density at radius 3 is 2.50 bits per heavy atom. The van der Waals surface area contributed by atoms with E-state index in [1.807, 2.05) is 28.8 Å². The summed E-state index contributed by atoms with van der Waals surface area (Å²) in [5.41, 5.74) is 1.90. The third-order valence-electron chi connectivity index (χ3n) is 3.76. The van der Waals surface area contributed by atoms with Crippen molar-refractivity contribution >= 4 is 28.7 Å². The van der Waals surface area contributed by atoms with Gasteiger partial charge in [0.25, 0.3) is 0 Å². The van der Waals surface area contributed by atoms with Crippen LogP contribution in [0.5, 0.6) is 0 Å². The van der Waals surface area contributed by atoms with E-state index in [1.165, 1.54) is 0 Å². The Morgan fingerprint density at radius 2 is 1.88 bits per heavy atom. The van der Waals surface area contributed by atoms with Gasteiger partial charge in [-0.2, -0.15) is 11.8 Å². The minimum absolute atomic E-state index is 0.0368. The minimum atomic E-state index is -0.231. The van der Waals surface area contributed by atoms with E-state index in [4.69, 9.17) is 0 Å². The number of imidazole rings is 1. The van der Waals surface area contributed by atoms with Crippen LogP contribution < -0.4 is 5.32 Å². The minimum Gasteiger partial charge on any atom is -0.350 e. The highest BCUT2D eigenvalue weighted by molar-refractivity contribution is 7.97. The van der Waals surface area contributed by atoms with Crippen LogP contribution in [0.15, 0.2) is 24.3 Å². The number of amides is 1. The Kier molecular flexibility index (Phi) is 5.63. The van der Waals surface area contributed by atoms with Gasteiger partial charge in [-0.1, -0.05) is 32.9 Å². The summed E-state index contributed by atoms with van der Waals surface area (Å²) in [6.45, 7) is 11.1. The number of carbonyl (C=O) groups excluding carboxylic acids is 1. The molecule has 2 rings (SSSR count). The van der Waals surface area contributed by atoms with Crippen LogP contribution in [0.2, 0.25) is 0 Å². The van der Waals surface area contributed by atoms with Gasteiger partial charge in [0, 0.05) is 5.54 Å². The van der Waals surface area contributed by atoms with E-state index in [9.17, 15) is 4.79 Å². The van der Waals surface area contributed by atoms with Crippen molar-refractivity contribution < 1.29 is 4.79 Å². The summed E-state index contributed by atoms with van der Waals surface area (Å²) in [6, 6.07) is 8.00. The van der Waals surface area contributed by atoms with E-state index >= 15 is 0 Å². The summed E-state index contributed by atoms with van der Waals surface area (Å²) in [6.07, 6.45) is 2.98. The lowest BCUT2D eigenvalue weighted by molar-refractivity contribution is -0.123. The number of thioether (sulfide) groups is 1. The molecule has 1 heterocycles. The summed E-state index contributed by atoms with van der Waals surface area (Å²) < 4.78 is 2.04. The third-order valence-corrected chi connectivity index (χ3v) is 4.31. The van der Waals surface area contributed by atoms with Crippen LogP contribution >= 0.6 is 11.8 Å². The van der Waals surface area contributed by atoms with Crippen molar-refractivity contribution in [2.24, 2.45) is 5.41 Å². The van der Waals surface area contributed by atoms with Gasteiger partial charge < -0.3 is 9.88 Å². The monoisotopic (exact) mass is 347 g/mol. The van der Waals surface area contributed by atoms with E-state index in [-0.39, 0.29) is 16.9 Å². The second kappa shape index (κ2) is 7.18. The highest BCUT2D eigenvalue weighted by atomic mass is 32.2. The Balaban J connectivity index is 2.19. The molecular formula is C19H29N3OS. The van der Waals surface area contributed by atoms with Gasteiger partial charge in [0.15, 0.2) is 0 Å². The van der Waals surface area contributed by atoms with Crippen LogP contribution in [0, 0.1) is 5.41 Å². The molecule has 0 fully saturated rings. The largest absolute Gasteiger partial charge is 0.350 e. The number of hydrogen-bond donors (Lipinski definition) is 1. The first kappa shape index (κ1) is 18.8. The second-order valence-corrected chi connectivity index (χ2v) is 9.07. The molecule has 1 N–H and O–H groups in total. The molecule has 0 saturated carbocycles. The van der Waals surface area contributed by atoms with Gasteiger partial charge in [-0.05, 0) is 44.1 Å².